The van der Waals surface area contributed by atoms with Gasteiger partial charge in [-0.15, -0.1) is 0 Å². The van der Waals surface area contributed by atoms with Crippen molar-refractivity contribution in [3.05, 3.63) is 69.6 Å². The van der Waals surface area contributed by atoms with E-state index in [2.05, 4.69) is 27.3 Å². The Balaban J connectivity index is 1.99. The van der Waals surface area contributed by atoms with Crippen LogP contribution in [0.1, 0.15) is 35.3 Å². The van der Waals surface area contributed by atoms with Crippen LogP contribution in [-0.4, -0.2) is 34.9 Å². The first-order valence-corrected chi connectivity index (χ1v) is 8.01. The number of aromatic amines is 1. The van der Waals surface area contributed by atoms with Crippen molar-refractivity contribution in [3.63, 3.8) is 0 Å². The van der Waals surface area contributed by atoms with Crippen LogP contribution in [0.25, 0.3) is 0 Å². The highest BCUT2D eigenvalue weighted by molar-refractivity contribution is 5.95. The molecule has 5 heteroatoms. The SMILES string of the molecule is Cc1cc(=O)[nH]cc1C(=O)NC(C)(C)CN(C)Cc1ccccc1. The molecule has 0 radical (unpaired) electrons. The van der Waals surface area contributed by atoms with Gasteiger partial charge >= 0.3 is 0 Å². The van der Waals surface area contributed by atoms with Gasteiger partial charge in [-0.25, -0.2) is 0 Å². The van der Waals surface area contributed by atoms with E-state index in [-0.39, 0.29) is 11.5 Å². The predicted molar refractivity (Wildman–Crippen MR) is 96.1 cm³/mol. The number of pyridine rings is 1. The van der Waals surface area contributed by atoms with Crippen LogP contribution < -0.4 is 10.9 Å². The summed E-state index contributed by atoms with van der Waals surface area (Å²) in [5, 5.41) is 3.05. The largest absolute Gasteiger partial charge is 0.346 e. The van der Waals surface area contributed by atoms with E-state index in [1.807, 2.05) is 39.1 Å². The van der Waals surface area contributed by atoms with Gasteiger partial charge in [-0.2, -0.15) is 0 Å². The number of carbonyl (C=O) groups is 1. The van der Waals surface area contributed by atoms with Crippen molar-refractivity contribution >= 4 is 5.91 Å². The third-order valence-electron chi connectivity index (χ3n) is 3.79. The van der Waals surface area contributed by atoms with E-state index in [0.717, 1.165) is 6.54 Å². The molecular formula is C19H25N3O2. The number of amides is 1. The summed E-state index contributed by atoms with van der Waals surface area (Å²) in [5.41, 5.74) is 1.80. The second kappa shape index (κ2) is 7.45. The molecule has 0 bridgehead atoms. The van der Waals surface area contributed by atoms with Crippen molar-refractivity contribution in [2.75, 3.05) is 13.6 Å². The maximum atomic E-state index is 12.5. The highest BCUT2D eigenvalue weighted by atomic mass is 16.2. The maximum Gasteiger partial charge on any atom is 0.253 e. The fourth-order valence-electron chi connectivity index (χ4n) is 2.86. The third-order valence-corrected chi connectivity index (χ3v) is 3.79. The normalized spacial score (nSPS) is 11.5. The number of nitrogens with zero attached hydrogens (tertiary/aromatic N) is 1. The molecule has 2 rings (SSSR count). The lowest BCUT2D eigenvalue weighted by Gasteiger charge is -2.31. The minimum Gasteiger partial charge on any atom is -0.346 e. The van der Waals surface area contributed by atoms with Gasteiger partial charge in [0.05, 0.1) is 5.56 Å². The van der Waals surface area contributed by atoms with Crippen molar-refractivity contribution < 1.29 is 4.79 Å². The minimum absolute atomic E-state index is 0.179. The van der Waals surface area contributed by atoms with E-state index < -0.39 is 5.54 Å². The maximum absolute atomic E-state index is 12.5. The Morgan fingerprint density at radius 1 is 1.25 bits per heavy atom. The first kappa shape index (κ1) is 17.9. The average molecular weight is 327 g/mol. The van der Waals surface area contributed by atoms with E-state index in [9.17, 15) is 9.59 Å². The summed E-state index contributed by atoms with van der Waals surface area (Å²) in [6, 6.07) is 11.7. The van der Waals surface area contributed by atoms with Gasteiger partial charge in [0.25, 0.3) is 5.91 Å². The topological polar surface area (TPSA) is 65.2 Å². The fraction of sp³-hybridized carbons (Fsp3) is 0.368. The number of carbonyl (C=O) groups excluding carboxylic acids is 1. The second-order valence-electron chi connectivity index (χ2n) is 6.89. The lowest BCUT2D eigenvalue weighted by atomic mass is 10.0. The van der Waals surface area contributed by atoms with Crippen molar-refractivity contribution in [1.29, 1.82) is 0 Å². The molecular weight excluding hydrogens is 302 g/mol. The summed E-state index contributed by atoms with van der Waals surface area (Å²) in [7, 11) is 2.03. The highest BCUT2D eigenvalue weighted by Crippen LogP contribution is 2.11. The summed E-state index contributed by atoms with van der Waals surface area (Å²) in [6.45, 7) is 7.27. The quantitative estimate of drug-likeness (QED) is 0.856. The first-order valence-electron chi connectivity index (χ1n) is 8.01. The number of benzene rings is 1. The van der Waals surface area contributed by atoms with E-state index >= 15 is 0 Å². The zero-order valence-electron chi connectivity index (χ0n) is 14.7. The monoisotopic (exact) mass is 327 g/mol. The number of hydrogen-bond acceptors (Lipinski definition) is 3. The van der Waals surface area contributed by atoms with Crippen molar-refractivity contribution in [1.82, 2.24) is 15.2 Å². The van der Waals surface area contributed by atoms with E-state index in [1.54, 1.807) is 6.92 Å². The molecule has 0 spiro atoms. The van der Waals surface area contributed by atoms with Gasteiger partial charge in [0, 0.05) is 30.9 Å². The molecule has 0 saturated carbocycles. The van der Waals surface area contributed by atoms with Gasteiger partial charge in [0.1, 0.15) is 0 Å². The molecule has 1 aromatic heterocycles. The summed E-state index contributed by atoms with van der Waals surface area (Å²) < 4.78 is 0. The van der Waals surface area contributed by atoms with Crippen LogP contribution in [-0.2, 0) is 6.54 Å². The zero-order valence-corrected chi connectivity index (χ0v) is 14.7. The Labute approximate surface area is 142 Å². The van der Waals surface area contributed by atoms with Gasteiger partial charge in [0.2, 0.25) is 5.56 Å². The van der Waals surface area contributed by atoms with E-state index in [1.165, 1.54) is 17.8 Å². The van der Waals surface area contributed by atoms with Crippen LogP contribution in [0, 0.1) is 6.92 Å². The summed E-state index contributed by atoms with van der Waals surface area (Å²) in [4.78, 5) is 28.5. The molecule has 2 N–H and O–H groups in total. The molecule has 2 aromatic rings. The number of aryl methyl sites for hydroxylation is 1. The number of H-pyrrole nitrogens is 1. The van der Waals surface area contributed by atoms with Crippen molar-refractivity contribution in [3.8, 4) is 0 Å². The third kappa shape index (κ3) is 5.06. The Kier molecular flexibility index (Phi) is 5.57. The molecule has 0 unspecified atom stereocenters. The van der Waals surface area contributed by atoms with Gasteiger partial charge in [0.15, 0.2) is 0 Å². The van der Waals surface area contributed by atoms with Gasteiger partial charge in [-0.3, -0.25) is 14.5 Å². The first-order chi connectivity index (χ1) is 11.3. The molecule has 1 heterocycles. The Hall–Kier alpha value is -2.40. The predicted octanol–water partition coefficient (Wildman–Crippen LogP) is 2.32. The van der Waals surface area contributed by atoms with Crippen LogP contribution in [0.5, 0.6) is 0 Å². The van der Waals surface area contributed by atoms with E-state index in [4.69, 9.17) is 0 Å². The molecule has 0 saturated heterocycles. The lowest BCUT2D eigenvalue weighted by molar-refractivity contribution is 0.0892. The molecule has 0 atom stereocenters. The molecule has 128 valence electrons. The fourth-order valence-corrected chi connectivity index (χ4v) is 2.86. The summed E-state index contributed by atoms with van der Waals surface area (Å²) in [5.74, 6) is -0.179. The zero-order chi connectivity index (χ0) is 17.7. The average Bonchev–Trinajstić information content (AvgIpc) is 2.46. The van der Waals surface area contributed by atoms with Crippen LogP contribution in [0.15, 0.2) is 47.4 Å². The van der Waals surface area contributed by atoms with Gasteiger partial charge in [-0.05, 0) is 38.9 Å². The van der Waals surface area contributed by atoms with Crippen LogP contribution in [0.2, 0.25) is 0 Å². The number of rotatable bonds is 6. The standard InChI is InChI=1S/C19H25N3O2/c1-14-10-17(23)20-11-16(14)18(24)21-19(2,3)13-22(4)12-15-8-6-5-7-9-15/h5-11H,12-13H2,1-4H3,(H,20,23)(H,21,24). The summed E-state index contributed by atoms with van der Waals surface area (Å²) in [6.07, 6.45) is 1.47. The molecule has 1 aromatic carbocycles. The second-order valence-corrected chi connectivity index (χ2v) is 6.89. The summed E-state index contributed by atoms with van der Waals surface area (Å²) >= 11 is 0. The van der Waals surface area contributed by atoms with Gasteiger partial charge < -0.3 is 10.3 Å². The molecule has 1 amide bonds. The molecule has 24 heavy (non-hydrogen) atoms. The Morgan fingerprint density at radius 3 is 2.54 bits per heavy atom. The molecule has 0 fully saturated rings. The Morgan fingerprint density at radius 2 is 1.92 bits per heavy atom. The highest BCUT2D eigenvalue weighted by Gasteiger charge is 2.24. The van der Waals surface area contributed by atoms with Crippen LogP contribution in [0.4, 0.5) is 0 Å². The van der Waals surface area contributed by atoms with Gasteiger partial charge in [-0.1, -0.05) is 30.3 Å². The van der Waals surface area contributed by atoms with Crippen LogP contribution in [0.3, 0.4) is 0 Å². The number of likely N-dealkylation sites (N-methyl/N-ethyl adjacent to an activating group) is 1. The van der Waals surface area contributed by atoms with E-state index in [0.29, 0.717) is 17.7 Å². The number of hydrogen-bond donors (Lipinski definition) is 2. The number of nitrogens with one attached hydrogen (secondary N) is 2. The minimum atomic E-state index is -0.400. The smallest absolute Gasteiger partial charge is 0.253 e. The molecule has 5 nitrogen and oxygen atoms in total. The Bertz CT molecular complexity index is 751. The molecule has 0 aliphatic heterocycles. The number of aromatic nitrogens is 1. The lowest BCUT2D eigenvalue weighted by Crippen LogP contribution is -2.50. The van der Waals surface area contributed by atoms with Crippen molar-refractivity contribution in [2.24, 2.45) is 0 Å². The van der Waals surface area contributed by atoms with Crippen LogP contribution >= 0.6 is 0 Å². The molecule has 0 aliphatic rings. The molecule has 0 aliphatic carbocycles. The van der Waals surface area contributed by atoms with Crippen molar-refractivity contribution in [2.45, 2.75) is 32.9 Å².